The first kappa shape index (κ1) is 11.1. The van der Waals surface area contributed by atoms with Crippen LogP contribution in [0, 0.1) is 0 Å². The van der Waals surface area contributed by atoms with E-state index in [2.05, 4.69) is 0 Å². The molecule has 0 aromatic heterocycles. The van der Waals surface area contributed by atoms with Gasteiger partial charge in [-0.3, -0.25) is 0 Å². The Balaban J connectivity index is 2.19. The van der Waals surface area contributed by atoms with Crippen LogP contribution in [0.4, 0.5) is 0 Å². The lowest BCUT2D eigenvalue weighted by Gasteiger charge is -2.45. The van der Waals surface area contributed by atoms with E-state index < -0.39 is 21.8 Å². The van der Waals surface area contributed by atoms with E-state index in [1.807, 2.05) is 0 Å². The number of hydrogen-bond acceptors (Lipinski definition) is 7. The largest absolute Gasteiger partial charge is 0.462 e. The van der Waals surface area contributed by atoms with E-state index in [4.69, 9.17) is 9.47 Å². The highest BCUT2D eigenvalue weighted by Gasteiger charge is 2.61. The number of fused-ring (bicyclic) bond motifs is 3. The van der Waals surface area contributed by atoms with E-state index in [-0.39, 0.29) is 18.1 Å². The molecule has 84 valence electrons. The summed E-state index contributed by atoms with van der Waals surface area (Å²) in [5.74, 6) is -0.892. The molecule has 5 nitrogen and oxygen atoms in total. The van der Waals surface area contributed by atoms with Crippen molar-refractivity contribution in [3.63, 3.8) is 0 Å². The summed E-state index contributed by atoms with van der Waals surface area (Å²) in [4.78, 5) is 20.3. The first-order chi connectivity index (χ1) is 7.02. The van der Waals surface area contributed by atoms with Gasteiger partial charge in [-0.05, 0) is 6.92 Å². The molecule has 3 aliphatic rings. The average molecular weight is 250 g/mol. The van der Waals surface area contributed by atoms with Gasteiger partial charge in [0.05, 0.1) is 12.4 Å². The van der Waals surface area contributed by atoms with Crippen LogP contribution in [0.15, 0.2) is 0 Å². The molecule has 2 bridgehead atoms. The standard InChI is InChI=1S/C8H10O5S2/c1-2-12-6(10)8-4-14-7(11,3-15-8)5(9)13-8/h11H,2-4H2,1H3. The van der Waals surface area contributed by atoms with Crippen LogP contribution >= 0.6 is 23.5 Å². The smallest absolute Gasteiger partial charge is 0.362 e. The number of carbonyl (C=O) groups excluding carboxylic acids is 2. The third-order valence-electron chi connectivity index (χ3n) is 2.16. The second-order valence-electron chi connectivity index (χ2n) is 3.22. The van der Waals surface area contributed by atoms with E-state index in [0.29, 0.717) is 0 Å². The van der Waals surface area contributed by atoms with Gasteiger partial charge in [0.1, 0.15) is 0 Å². The minimum absolute atomic E-state index is 0.162. The predicted molar refractivity (Wildman–Crippen MR) is 55.3 cm³/mol. The highest BCUT2D eigenvalue weighted by molar-refractivity contribution is 8.09. The van der Waals surface area contributed by atoms with Crippen molar-refractivity contribution in [1.29, 1.82) is 0 Å². The van der Waals surface area contributed by atoms with Crippen molar-refractivity contribution in [2.75, 3.05) is 18.1 Å². The topological polar surface area (TPSA) is 72.8 Å². The number of rotatable bonds is 2. The third-order valence-corrected chi connectivity index (χ3v) is 5.29. The second kappa shape index (κ2) is 3.57. The Morgan fingerprint density at radius 1 is 1.60 bits per heavy atom. The number of hydrogen-bond donors (Lipinski definition) is 1. The molecule has 0 aromatic rings. The van der Waals surface area contributed by atoms with Crippen molar-refractivity contribution >= 4 is 35.5 Å². The van der Waals surface area contributed by atoms with Crippen LogP contribution in [0.1, 0.15) is 6.92 Å². The summed E-state index contributed by atoms with van der Waals surface area (Å²) in [5.41, 5.74) is 0. The molecule has 0 aliphatic carbocycles. The van der Waals surface area contributed by atoms with Gasteiger partial charge in [-0.25, -0.2) is 9.59 Å². The molecule has 15 heavy (non-hydrogen) atoms. The Labute approximate surface area is 94.9 Å². The van der Waals surface area contributed by atoms with E-state index in [0.717, 1.165) is 23.5 Å². The Kier molecular flexibility index (Phi) is 2.64. The Bertz CT molecular complexity index is 308. The summed E-state index contributed by atoms with van der Waals surface area (Å²) in [7, 11) is 0. The fourth-order valence-electron chi connectivity index (χ4n) is 1.32. The number of esters is 2. The first-order valence-corrected chi connectivity index (χ1v) is 6.40. The molecular weight excluding hydrogens is 240 g/mol. The maximum atomic E-state index is 11.6. The lowest BCUT2D eigenvalue weighted by atomic mass is 10.3. The molecule has 3 rings (SSSR count). The Morgan fingerprint density at radius 3 is 2.80 bits per heavy atom. The summed E-state index contributed by atoms with van der Waals surface area (Å²) < 4.78 is 9.82. The molecule has 3 fully saturated rings. The number of aliphatic hydroxyl groups is 1. The fraction of sp³-hybridized carbons (Fsp3) is 0.750. The molecule has 3 saturated heterocycles. The van der Waals surface area contributed by atoms with Crippen LogP contribution in [-0.2, 0) is 19.1 Å². The molecule has 2 unspecified atom stereocenters. The molecule has 0 amide bonds. The van der Waals surface area contributed by atoms with Crippen LogP contribution in [0.3, 0.4) is 0 Å². The van der Waals surface area contributed by atoms with Gasteiger partial charge in [-0.1, -0.05) is 11.8 Å². The van der Waals surface area contributed by atoms with Gasteiger partial charge in [0, 0.05) is 5.75 Å². The lowest BCUT2D eigenvalue weighted by molar-refractivity contribution is -0.179. The van der Waals surface area contributed by atoms with Crippen molar-refractivity contribution in [1.82, 2.24) is 0 Å². The highest BCUT2D eigenvalue weighted by atomic mass is 32.2. The van der Waals surface area contributed by atoms with Crippen molar-refractivity contribution in [2.45, 2.75) is 16.8 Å². The maximum Gasteiger partial charge on any atom is 0.362 e. The van der Waals surface area contributed by atoms with Gasteiger partial charge in [0.25, 0.3) is 4.93 Å². The summed E-state index contributed by atoms with van der Waals surface area (Å²) >= 11 is 2.16. The maximum absolute atomic E-state index is 11.6. The van der Waals surface area contributed by atoms with Crippen molar-refractivity contribution in [3.8, 4) is 0 Å². The average Bonchev–Trinajstić information content (AvgIpc) is 2.21. The summed E-state index contributed by atoms with van der Waals surface area (Å²) in [6.45, 7) is 1.93. The normalized spacial score (nSPS) is 38.7. The van der Waals surface area contributed by atoms with Crippen LogP contribution in [0.5, 0.6) is 0 Å². The molecule has 1 N–H and O–H groups in total. The number of ether oxygens (including phenoxy) is 2. The molecule has 0 spiro atoms. The van der Waals surface area contributed by atoms with E-state index in [1.165, 1.54) is 0 Å². The summed E-state index contributed by atoms with van der Waals surface area (Å²) in [6, 6.07) is 0. The van der Waals surface area contributed by atoms with Gasteiger partial charge < -0.3 is 14.6 Å². The number of carbonyl (C=O) groups is 2. The molecule has 7 heteroatoms. The zero-order chi connectivity index (χ0) is 11.1. The van der Waals surface area contributed by atoms with Gasteiger partial charge >= 0.3 is 11.9 Å². The predicted octanol–water partition coefficient (Wildman–Crippen LogP) is -0.0288. The highest BCUT2D eigenvalue weighted by Crippen LogP contribution is 2.50. The fourth-order valence-corrected chi connectivity index (χ4v) is 3.96. The SMILES string of the molecule is CCOC(=O)C12CSC(O)(CS1)C(=O)O2. The quantitative estimate of drug-likeness (QED) is 0.690. The van der Waals surface area contributed by atoms with Crippen LogP contribution in [0.25, 0.3) is 0 Å². The zero-order valence-corrected chi connectivity index (χ0v) is 9.65. The van der Waals surface area contributed by atoms with Gasteiger partial charge in [-0.15, -0.1) is 11.8 Å². The minimum Gasteiger partial charge on any atom is -0.462 e. The lowest BCUT2D eigenvalue weighted by Crippen LogP contribution is -2.61. The van der Waals surface area contributed by atoms with Crippen molar-refractivity contribution in [2.24, 2.45) is 0 Å². The minimum atomic E-state index is -1.49. The second-order valence-corrected chi connectivity index (χ2v) is 5.71. The molecule has 3 aliphatic heterocycles. The van der Waals surface area contributed by atoms with Gasteiger partial charge in [0.15, 0.2) is 0 Å². The van der Waals surface area contributed by atoms with Crippen LogP contribution < -0.4 is 0 Å². The molecule has 0 saturated carbocycles. The molecule has 0 aromatic carbocycles. The summed E-state index contributed by atoms with van der Waals surface area (Å²) in [5, 5.41) is 9.73. The molecule has 0 radical (unpaired) electrons. The molecule has 3 heterocycles. The van der Waals surface area contributed by atoms with Gasteiger partial charge in [0.2, 0.25) is 4.93 Å². The molecular formula is C8H10O5S2. The monoisotopic (exact) mass is 250 g/mol. The van der Waals surface area contributed by atoms with E-state index in [9.17, 15) is 14.7 Å². The van der Waals surface area contributed by atoms with E-state index in [1.54, 1.807) is 6.92 Å². The van der Waals surface area contributed by atoms with Crippen molar-refractivity contribution in [3.05, 3.63) is 0 Å². The summed E-state index contributed by atoms with van der Waals surface area (Å²) in [6.07, 6.45) is 0. The zero-order valence-electron chi connectivity index (χ0n) is 8.02. The van der Waals surface area contributed by atoms with Crippen LogP contribution in [-0.4, -0.2) is 45.0 Å². The van der Waals surface area contributed by atoms with E-state index >= 15 is 0 Å². The number of thioether (sulfide) groups is 2. The van der Waals surface area contributed by atoms with Crippen LogP contribution in [0.2, 0.25) is 0 Å². The Hall–Kier alpha value is -0.400. The first-order valence-electron chi connectivity index (χ1n) is 4.43. The molecule has 2 atom stereocenters. The Morgan fingerprint density at radius 2 is 2.33 bits per heavy atom. The van der Waals surface area contributed by atoms with Gasteiger partial charge in [-0.2, -0.15) is 0 Å². The van der Waals surface area contributed by atoms with Crippen molar-refractivity contribution < 1.29 is 24.2 Å². The third kappa shape index (κ3) is 1.62.